The SMILES string of the molecule is [CH2]C(c1ccccc1)C(F)(F)C(F)(F)C(F)(F)F. The Labute approximate surface area is 98.4 Å². The largest absolute Gasteiger partial charge is 0.459 e. The fourth-order valence-corrected chi connectivity index (χ4v) is 1.30. The zero-order valence-corrected chi connectivity index (χ0v) is 8.82. The molecule has 0 saturated heterocycles. The maximum absolute atomic E-state index is 13.2. The Morgan fingerprint density at radius 3 is 1.67 bits per heavy atom. The highest BCUT2D eigenvalue weighted by Crippen LogP contribution is 2.52. The van der Waals surface area contributed by atoms with Gasteiger partial charge in [-0.05, 0) is 12.5 Å². The summed E-state index contributed by atoms with van der Waals surface area (Å²) in [6.45, 7) is 2.73. The van der Waals surface area contributed by atoms with Crippen LogP contribution in [0.5, 0.6) is 0 Å². The van der Waals surface area contributed by atoms with Crippen LogP contribution in [0.2, 0.25) is 0 Å². The number of benzene rings is 1. The van der Waals surface area contributed by atoms with Crippen molar-refractivity contribution in [3.05, 3.63) is 42.8 Å². The second-order valence-corrected chi connectivity index (χ2v) is 3.66. The molecule has 1 aromatic carbocycles. The fraction of sp³-hybridized carbons (Fsp3) is 0.364. The van der Waals surface area contributed by atoms with Crippen molar-refractivity contribution >= 4 is 0 Å². The van der Waals surface area contributed by atoms with Crippen molar-refractivity contribution in [1.82, 2.24) is 0 Å². The molecule has 1 radical (unpaired) electrons. The summed E-state index contributed by atoms with van der Waals surface area (Å²) in [5.41, 5.74) is -0.397. The average Bonchev–Trinajstić information content (AvgIpc) is 2.27. The van der Waals surface area contributed by atoms with Crippen LogP contribution < -0.4 is 0 Å². The van der Waals surface area contributed by atoms with Gasteiger partial charge in [0.1, 0.15) is 0 Å². The van der Waals surface area contributed by atoms with Gasteiger partial charge in [-0.25, -0.2) is 0 Å². The van der Waals surface area contributed by atoms with E-state index in [-0.39, 0.29) is 0 Å². The number of rotatable bonds is 3. The Balaban J connectivity index is 3.15. The van der Waals surface area contributed by atoms with Crippen LogP contribution in [0.25, 0.3) is 0 Å². The van der Waals surface area contributed by atoms with Crippen molar-refractivity contribution in [2.75, 3.05) is 0 Å². The van der Waals surface area contributed by atoms with Crippen LogP contribution in [-0.4, -0.2) is 18.0 Å². The Kier molecular flexibility index (Phi) is 3.65. The molecule has 0 fully saturated rings. The van der Waals surface area contributed by atoms with Crippen LogP contribution >= 0.6 is 0 Å². The topological polar surface area (TPSA) is 0 Å². The molecule has 1 atom stereocenters. The van der Waals surface area contributed by atoms with E-state index in [1.807, 2.05) is 0 Å². The quantitative estimate of drug-likeness (QED) is 0.714. The molecule has 0 bridgehead atoms. The number of alkyl halides is 7. The van der Waals surface area contributed by atoms with Gasteiger partial charge >= 0.3 is 18.0 Å². The van der Waals surface area contributed by atoms with Crippen LogP contribution in [0.3, 0.4) is 0 Å². The zero-order valence-electron chi connectivity index (χ0n) is 8.82. The lowest BCUT2D eigenvalue weighted by Gasteiger charge is -2.32. The molecule has 0 saturated carbocycles. The van der Waals surface area contributed by atoms with Crippen molar-refractivity contribution in [2.24, 2.45) is 0 Å². The van der Waals surface area contributed by atoms with E-state index in [1.165, 1.54) is 18.2 Å². The summed E-state index contributed by atoms with van der Waals surface area (Å²) in [6, 6.07) is 5.93. The molecule has 0 heterocycles. The molecule has 1 rings (SSSR count). The van der Waals surface area contributed by atoms with Gasteiger partial charge in [-0.1, -0.05) is 30.3 Å². The monoisotopic (exact) mass is 273 g/mol. The van der Waals surface area contributed by atoms with Gasteiger partial charge in [-0.2, -0.15) is 30.7 Å². The van der Waals surface area contributed by atoms with Gasteiger partial charge in [0.15, 0.2) is 0 Å². The van der Waals surface area contributed by atoms with E-state index in [1.54, 1.807) is 0 Å². The normalized spacial score (nSPS) is 15.6. The van der Waals surface area contributed by atoms with Crippen LogP contribution in [0.1, 0.15) is 11.5 Å². The van der Waals surface area contributed by atoms with Gasteiger partial charge in [0.2, 0.25) is 0 Å². The maximum atomic E-state index is 13.2. The maximum Gasteiger partial charge on any atom is 0.459 e. The fourth-order valence-electron chi connectivity index (χ4n) is 1.30. The number of hydrogen-bond donors (Lipinski definition) is 0. The summed E-state index contributed by atoms with van der Waals surface area (Å²) in [5, 5.41) is 0. The summed E-state index contributed by atoms with van der Waals surface area (Å²) >= 11 is 0. The molecular formula is C11H8F7. The minimum Gasteiger partial charge on any atom is -0.199 e. The van der Waals surface area contributed by atoms with Crippen LogP contribution in [-0.2, 0) is 0 Å². The van der Waals surface area contributed by atoms with Crippen molar-refractivity contribution in [3.63, 3.8) is 0 Å². The van der Waals surface area contributed by atoms with Crippen molar-refractivity contribution < 1.29 is 30.7 Å². The van der Waals surface area contributed by atoms with Gasteiger partial charge in [-0.15, -0.1) is 0 Å². The van der Waals surface area contributed by atoms with Crippen LogP contribution in [0.15, 0.2) is 30.3 Å². The minimum absolute atomic E-state index is 0.397. The highest BCUT2D eigenvalue weighted by Gasteiger charge is 2.74. The molecule has 1 aromatic rings. The van der Waals surface area contributed by atoms with Crippen molar-refractivity contribution in [1.29, 1.82) is 0 Å². The summed E-state index contributed by atoms with van der Waals surface area (Å²) in [6.07, 6.45) is -6.33. The van der Waals surface area contributed by atoms with E-state index in [9.17, 15) is 30.7 Å². The first-order valence-corrected chi connectivity index (χ1v) is 4.72. The molecule has 1 unspecified atom stereocenters. The first kappa shape index (κ1) is 14.8. The Hall–Kier alpha value is -1.27. The second kappa shape index (κ2) is 4.44. The van der Waals surface area contributed by atoms with Gasteiger partial charge < -0.3 is 0 Å². The standard InChI is InChI=1S/C11H8F7/c1-7(8-5-3-2-4-6-8)9(12,13)10(14,15)11(16,17)18/h2-7H,1H2. The molecule has 7 heteroatoms. The van der Waals surface area contributed by atoms with Crippen molar-refractivity contribution in [3.8, 4) is 0 Å². The van der Waals surface area contributed by atoms with Gasteiger partial charge in [0.25, 0.3) is 0 Å². The van der Waals surface area contributed by atoms with Crippen LogP contribution in [0.4, 0.5) is 30.7 Å². The first-order valence-electron chi connectivity index (χ1n) is 4.72. The predicted molar refractivity (Wildman–Crippen MR) is 50.5 cm³/mol. The highest BCUT2D eigenvalue weighted by atomic mass is 19.4. The summed E-state index contributed by atoms with van der Waals surface area (Å²) in [5.74, 6) is -14.0. The molecule has 0 nitrogen and oxygen atoms in total. The van der Waals surface area contributed by atoms with E-state index in [0.717, 1.165) is 12.1 Å². The molecular weight excluding hydrogens is 265 g/mol. The molecule has 101 valence electrons. The summed E-state index contributed by atoms with van der Waals surface area (Å²) < 4.78 is 87.8. The molecule has 18 heavy (non-hydrogen) atoms. The number of halogens is 7. The third kappa shape index (κ3) is 2.30. The van der Waals surface area contributed by atoms with Crippen LogP contribution in [0, 0.1) is 6.92 Å². The minimum atomic E-state index is -6.33. The third-order valence-corrected chi connectivity index (χ3v) is 2.41. The number of hydrogen-bond acceptors (Lipinski definition) is 0. The Morgan fingerprint density at radius 1 is 0.833 bits per heavy atom. The average molecular weight is 273 g/mol. The molecule has 0 aromatic heterocycles. The molecule has 0 aliphatic rings. The van der Waals surface area contributed by atoms with Crippen molar-refractivity contribution in [2.45, 2.75) is 23.9 Å². The first-order chi connectivity index (χ1) is 8.02. The molecule has 0 N–H and O–H groups in total. The van der Waals surface area contributed by atoms with Gasteiger partial charge in [0, 0.05) is 0 Å². The Bertz CT molecular complexity index is 394. The molecule has 0 aliphatic carbocycles. The highest BCUT2D eigenvalue weighted by molar-refractivity contribution is 5.24. The molecule has 0 spiro atoms. The second-order valence-electron chi connectivity index (χ2n) is 3.66. The van der Waals surface area contributed by atoms with E-state index in [0.29, 0.717) is 0 Å². The lowest BCUT2D eigenvalue weighted by atomic mass is 9.90. The smallest absolute Gasteiger partial charge is 0.199 e. The van der Waals surface area contributed by atoms with Gasteiger partial charge in [0.05, 0.1) is 5.92 Å². The lowest BCUT2D eigenvalue weighted by molar-refractivity contribution is -0.357. The van der Waals surface area contributed by atoms with E-state index in [2.05, 4.69) is 6.92 Å². The summed E-state index contributed by atoms with van der Waals surface area (Å²) in [4.78, 5) is 0. The predicted octanol–water partition coefficient (Wildman–Crippen LogP) is 4.44. The molecule has 0 amide bonds. The summed E-state index contributed by atoms with van der Waals surface area (Å²) in [7, 11) is 0. The van der Waals surface area contributed by atoms with E-state index < -0.39 is 29.5 Å². The van der Waals surface area contributed by atoms with Gasteiger partial charge in [-0.3, -0.25) is 0 Å². The van der Waals surface area contributed by atoms with E-state index >= 15 is 0 Å². The third-order valence-electron chi connectivity index (χ3n) is 2.41. The lowest BCUT2D eigenvalue weighted by Crippen LogP contribution is -2.54. The molecule has 0 aliphatic heterocycles. The van der Waals surface area contributed by atoms with E-state index in [4.69, 9.17) is 0 Å². The zero-order chi connectivity index (χ0) is 14.2. The Morgan fingerprint density at radius 2 is 1.28 bits per heavy atom.